The van der Waals surface area contributed by atoms with E-state index in [1.165, 1.54) is 22.0 Å². The summed E-state index contributed by atoms with van der Waals surface area (Å²) in [4.78, 5) is 15.3. The lowest BCUT2D eigenvalue weighted by Gasteiger charge is -2.33. The van der Waals surface area contributed by atoms with Crippen LogP contribution in [0.25, 0.3) is 0 Å². The molecule has 2 fully saturated rings. The molecule has 2 aliphatic rings. The highest BCUT2D eigenvalue weighted by molar-refractivity contribution is 7.89. The molecule has 0 aromatic heterocycles. The first-order valence-electron chi connectivity index (χ1n) is 10.8. The van der Waals surface area contributed by atoms with Crippen molar-refractivity contribution < 1.29 is 17.6 Å². The predicted octanol–water partition coefficient (Wildman–Crippen LogP) is 2.76. The van der Waals surface area contributed by atoms with Gasteiger partial charge < -0.3 is 5.32 Å². The molecule has 0 aliphatic carbocycles. The first kappa shape index (κ1) is 21.9. The van der Waals surface area contributed by atoms with Crippen LogP contribution >= 0.6 is 0 Å². The summed E-state index contributed by atoms with van der Waals surface area (Å²) in [7, 11) is -3.84. The highest BCUT2D eigenvalue weighted by Gasteiger charge is 2.40. The number of nitrogens with zero attached hydrogens (tertiary/aromatic N) is 2. The molecule has 2 aromatic rings. The first-order valence-corrected chi connectivity index (χ1v) is 12.2. The zero-order chi connectivity index (χ0) is 21.8. The van der Waals surface area contributed by atoms with Gasteiger partial charge in [0, 0.05) is 32.2 Å². The standard InChI is InChI=1S/C23H28FN3O3S/c24-19-8-10-21(11-9-19)31(29,30)27-14-4-7-22(27)23(28)25-20-12-15-26(16-13-20)17-18-5-2-1-3-6-18/h1-3,5-6,8-11,20,22H,4,7,12-17H2,(H,25,28). The molecule has 31 heavy (non-hydrogen) atoms. The molecule has 2 saturated heterocycles. The highest BCUT2D eigenvalue weighted by atomic mass is 32.2. The Balaban J connectivity index is 1.33. The number of benzene rings is 2. The van der Waals surface area contributed by atoms with Gasteiger partial charge in [0.25, 0.3) is 0 Å². The van der Waals surface area contributed by atoms with E-state index < -0.39 is 21.9 Å². The molecule has 1 unspecified atom stereocenters. The predicted molar refractivity (Wildman–Crippen MR) is 116 cm³/mol. The Morgan fingerprint density at radius 3 is 2.32 bits per heavy atom. The third kappa shape index (κ3) is 5.14. The Hall–Kier alpha value is -2.29. The Bertz CT molecular complexity index is 990. The van der Waals surface area contributed by atoms with Crippen LogP contribution in [0, 0.1) is 5.82 Å². The molecule has 166 valence electrons. The maximum atomic E-state index is 13.2. The van der Waals surface area contributed by atoms with Gasteiger partial charge in [0.1, 0.15) is 11.9 Å². The Morgan fingerprint density at radius 1 is 0.968 bits per heavy atom. The van der Waals surface area contributed by atoms with Gasteiger partial charge >= 0.3 is 0 Å². The van der Waals surface area contributed by atoms with Gasteiger partial charge in [-0.25, -0.2) is 12.8 Å². The van der Waals surface area contributed by atoms with Crippen LogP contribution in [0.1, 0.15) is 31.2 Å². The summed E-state index contributed by atoms with van der Waals surface area (Å²) in [6.45, 7) is 2.98. The summed E-state index contributed by atoms with van der Waals surface area (Å²) in [5.41, 5.74) is 1.28. The van der Waals surface area contributed by atoms with E-state index in [1.54, 1.807) is 0 Å². The maximum Gasteiger partial charge on any atom is 0.243 e. The van der Waals surface area contributed by atoms with E-state index in [9.17, 15) is 17.6 Å². The van der Waals surface area contributed by atoms with Crippen LogP contribution in [0.4, 0.5) is 4.39 Å². The fourth-order valence-corrected chi connectivity index (χ4v) is 6.06. The van der Waals surface area contributed by atoms with Gasteiger partial charge in [-0.2, -0.15) is 4.31 Å². The van der Waals surface area contributed by atoms with Crippen molar-refractivity contribution >= 4 is 15.9 Å². The van der Waals surface area contributed by atoms with Crippen LogP contribution in [0.3, 0.4) is 0 Å². The Kier molecular flexibility index (Phi) is 6.69. The van der Waals surface area contributed by atoms with Crippen LogP contribution < -0.4 is 5.32 Å². The van der Waals surface area contributed by atoms with E-state index in [4.69, 9.17) is 0 Å². The van der Waals surface area contributed by atoms with Crippen molar-refractivity contribution in [1.29, 1.82) is 0 Å². The molecule has 0 spiro atoms. The van der Waals surface area contributed by atoms with Crippen molar-refractivity contribution in [2.24, 2.45) is 0 Å². The van der Waals surface area contributed by atoms with E-state index in [0.717, 1.165) is 44.6 Å². The van der Waals surface area contributed by atoms with E-state index in [2.05, 4.69) is 22.3 Å². The van der Waals surface area contributed by atoms with Crippen molar-refractivity contribution in [2.75, 3.05) is 19.6 Å². The minimum Gasteiger partial charge on any atom is -0.352 e. The van der Waals surface area contributed by atoms with Crippen LogP contribution in [-0.4, -0.2) is 55.2 Å². The van der Waals surface area contributed by atoms with Gasteiger partial charge in [-0.3, -0.25) is 9.69 Å². The number of halogens is 1. The number of hydrogen-bond donors (Lipinski definition) is 1. The SMILES string of the molecule is O=C(NC1CCN(Cc2ccccc2)CC1)C1CCCN1S(=O)(=O)c1ccc(F)cc1. The zero-order valence-corrected chi connectivity index (χ0v) is 18.2. The quantitative estimate of drug-likeness (QED) is 0.742. The lowest BCUT2D eigenvalue weighted by atomic mass is 10.0. The van der Waals surface area contributed by atoms with E-state index in [-0.39, 0.29) is 16.8 Å². The largest absolute Gasteiger partial charge is 0.352 e. The number of rotatable bonds is 6. The molecule has 1 atom stereocenters. The zero-order valence-electron chi connectivity index (χ0n) is 17.4. The molecule has 2 aliphatic heterocycles. The van der Waals surface area contributed by atoms with Crippen LogP contribution in [0.5, 0.6) is 0 Å². The monoisotopic (exact) mass is 445 g/mol. The van der Waals surface area contributed by atoms with E-state index in [1.807, 2.05) is 18.2 Å². The first-order chi connectivity index (χ1) is 14.9. The van der Waals surface area contributed by atoms with Crippen LogP contribution in [0.15, 0.2) is 59.5 Å². The second-order valence-electron chi connectivity index (χ2n) is 8.27. The lowest BCUT2D eigenvalue weighted by molar-refractivity contribution is -0.125. The van der Waals surface area contributed by atoms with Crippen molar-refractivity contribution in [3.63, 3.8) is 0 Å². The van der Waals surface area contributed by atoms with Gasteiger partial charge in [-0.1, -0.05) is 30.3 Å². The Morgan fingerprint density at radius 2 is 1.65 bits per heavy atom. The number of sulfonamides is 1. The molecule has 0 radical (unpaired) electrons. The summed E-state index contributed by atoms with van der Waals surface area (Å²) in [5, 5.41) is 3.08. The molecule has 2 aromatic carbocycles. The molecule has 6 nitrogen and oxygen atoms in total. The van der Waals surface area contributed by atoms with Gasteiger partial charge in [-0.15, -0.1) is 0 Å². The van der Waals surface area contributed by atoms with E-state index in [0.29, 0.717) is 19.4 Å². The molecule has 1 amide bonds. The molecular formula is C23H28FN3O3S. The molecule has 0 saturated carbocycles. The maximum absolute atomic E-state index is 13.2. The molecule has 4 rings (SSSR count). The minimum atomic E-state index is -3.84. The summed E-state index contributed by atoms with van der Waals surface area (Å²) in [6.07, 6.45) is 2.82. The number of likely N-dealkylation sites (tertiary alicyclic amines) is 1. The van der Waals surface area contributed by atoms with Crippen molar-refractivity contribution in [3.8, 4) is 0 Å². The number of carbonyl (C=O) groups is 1. The minimum absolute atomic E-state index is 0.0165. The third-order valence-corrected chi connectivity index (χ3v) is 8.03. The topological polar surface area (TPSA) is 69.7 Å². The third-order valence-electron chi connectivity index (χ3n) is 6.11. The summed E-state index contributed by atoms with van der Waals surface area (Å²) < 4.78 is 40.4. The number of amides is 1. The summed E-state index contributed by atoms with van der Waals surface area (Å²) in [5.74, 6) is -0.724. The second kappa shape index (κ2) is 9.46. The van der Waals surface area contributed by atoms with Gasteiger partial charge in [0.2, 0.25) is 15.9 Å². The van der Waals surface area contributed by atoms with Crippen molar-refractivity contribution in [2.45, 2.75) is 49.2 Å². The fraction of sp³-hybridized carbons (Fsp3) is 0.435. The smallest absolute Gasteiger partial charge is 0.243 e. The summed E-state index contributed by atoms with van der Waals surface area (Å²) in [6, 6.07) is 14.4. The number of hydrogen-bond acceptors (Lipinski definition) is 4. The molecule has 8 heteroatoms. The fourth-order valence-electron chi connectivity index (χ4n) is 4.41. The molecule has 1 N–H and O–H groups in total. The number of carbonyl (C=O) groups excluding carboxylic acids is 1. The molecule has 2 heterocycles. The van der Waals surface area contributed by atoms with Crippen LogP contribution in [-0.2, 0) is 21.4 Å². The second-order valence-corrected chi connectivity index (χ2v) is 10.2. The van der Waals surface area contributed by atoms with Gasteiger partial charge in [0.15, 0.2) is 0 Å². The Labute approximate surface area is 183 Å². The average Bonchev–Trinajstić information content (AvgIpc) is 3.27. The molecule has 0 bridgehead atoms. The normalized spacial score (nSPS) is 21.3. The average molecular weight is 446 g/mol. The highest BCUT2D eigenvalue weighted by Crippen LogP contribution is 2.27. The molecular weight excluding hydrogens is 417 g/mol. The summed E-state index contributed by atoms with van der Waals surface area (Å²) >= 11 is 0. The lowest BCUT2D eigenvalue weighted by Crippen LogP contribution is -2.51. The van der Waals surface area contributed by atoms with Crippen LogP contribution in [0.2, 0.25) is 0 Å². The van der Waals surface area contributed by atoms with Crippen molar-refractivity contribution in [1.82, 2.24) is 14.5 Å². The number of nitrogens with one attached hydrogen (secondary N) is 1. The number of piperidine rings is 1. The van der Waals surface area contributed by atoms with E-state index >= 15 is 0 Å². The van der Waals surface area contributed by atoms with Crippen molar-refractivity contribution in [3.05, 3.63) is 66.0 Å². The van der Waals surface area contributed by atoms with Gasteiger partial charge in [-0.05, 0) is 55.5 Å². The van der Waals surface area contributed by atoms with Gasteiger partial charge in [0.05, 0.1) is 4.90 Å².